The number of nitrogens with zero attached hydrogens (tertiary/aromatic N) is 1. The van der Waals surface area contributed by atoms with E-state index >= 15 is 0 Å². The van der Waals surface area contributed by atoms with E-state index in [4.69, 9.17) is 0 Å². The van der Waals surface area contributed by atoms with Crippen molar-refractivity contribution in [1.82, 2.24) is 0 Å². The molecule has 0 aromatic heterocycles. The lowest BCUT2D eigenvalue weighted by Crippen LogP contribution is -2.53. The van der Waals surface area contributed by atoms with Crippen molar-refractivity contribution in [2.45, 2.75) is 31.7 Å². The molecule has 0 fully saturated rings. The second-order valence-electron chi connectivity index (χ2n) is 4.09. The fourth-order valence-electron chi connectivity index (χ4n) is 1.60. The highest BCUT2D eigenvalue weighted by Crippen LogP contribution is 2.42. The number of nitro groups is 1. The third-order valence-electron chi connectivity index (χ3n) is 2.84. The van der Waals surface area contributed by atoms with Gasteiger partial charge in [0.1, 0.15) is 0 Å². The molecule has 1 N–H and O–H groups in total. The molecular formula is C11H12F3NO3. The maximum absolute atomic E-state index is 12.9. The number of aryl methyl sites for hydroxylation is 1. The van der Waals surface area contributed by atoms with Crippen molar-refractivity contribution in [3.63, 3.8) is 0 Å². The smallest absolute Gasteiger partial charge is 0.371 e. The summed E-state index contributed by atoms with van der Waals surface area (Å²) in [6.45, 7) is 2.39. The summed E-state index contributed by atoms with van der Waals surface area (Å²) in [7, 11) is 0. The largest absolute Gasteiger partial charge is 0.428 e. The van der Waals surface area contributed by atoms with Crippen LogP contribution < -0.4 is 0 Å². The molecule has 0 unspecified atom stereocenters. The van der Waals surface area contributed by atoms with Gasteiger partial charge in [-0.3, -0.25) is 10.1 Å². The van der Waals surface area contributed by atoms with Gasteiger partial charge >= 0.3 is 6.18 Å². The number of halogens is 3. The number of aliphatic hydroxyl groups is 1. The lowest BCUT2D eigenvalue weighted by atomic mass is 9.86. The molecular weight excluding hydrogens is 251 g/mol. The van der Waals surface area contributed by atoms with Crippen LogP contribution in [-0.2, 0) is 5.60 Å². The van der Waals surface area contributed by atoms with Crippen LogP contribution in [0, 0.1) is 17.0 Å². The monoisotopic (exact) mass is 263 g/mol. The first-order valence-corrected chi connectivity index (χ1v) is 5.10. The minimum Gasteiger partial charge on any atom is -0.371 e. The van der Waals surface area contributed by atoms with E-state index in [0.717, 1.165) is 19.1 Å². The van der Waals surface area contributed by atoms with Gasteiger partial charge in [0.25, 0.3) is 11.6 Å². The lowest BCUT2D eigenvalue weighted by Gasteiger charge is -2.31. The zero-order chi connectivity index (χ0) is 14.1. The third kappa shape index (κ3) is 2.31. The maximum atomic E-state index is 12.9. The molecule has 4 nitrogen and oxygen atoms in total. The van der Waals surface area contributed by atoms with Crippen LogP contribution in [0.15, 0.2) is 24.3 Å². The first-order chi connectivity index (χ1) is 8.10. The molecule has 0 spiro atoms. The van der Waals surface area contributed by atoms with Crippen LogP contribution in [-0.4, -0.2) is 22.2 Å². The molecule has 0 saturated carbocycles. The minimum absolute atomic E-state index is 0.537. The summed E-state index contributed by atoms with van der Waals surface area (Å²) in [5.41, 5.74) is -3.34. The van der Waals surface area contributed by atoms with Crippen molar-refractivity contribution in [3.05, 3.63) is 45.5 Å². The van der Waals surface area contributed by atoms with E-state index in [1.807, 2.05) is 0 Å². The average Bonchev–Trinajstić information content (AvgIpc) is 2.26. The SMILES string of the molecule is Cc1ccc([C@@](O)([C@H](C)[N+](=O)[O-])C(F)(F)F)cc1. The zero-order valence-electron chi connectivity index (χ0n) is 9.73. The molecule has 1 rings (SSSR count). The Hall–Kier alpha value is -1.63. The molecule has 18 heavy (non-hydrogen) atoms. The average molecular weight is 263 g/mol. The molecule has 0 heterocycles. The molecule has 0 saturated heterocycles. The molecule has 0 aliphatic rings. The van der Waals surface area contributed by atoms with Crippen LogP contribution >= 0.6 is 0 Å². The van der Waals surface area contributed by atoms with Gasteiger partial charge in [0.15, 0.2) is 0 Å². The highest BCUT2D eigenvalue weighted by Gasteiger charge is 2.63. The van der Waals surface area contributed by atoms with Crippen LogP contribution in [0.4, 0.5) is 13.2 Å². The quantitative estimate of drug-likeness (QED) is 0.672. The Balaban J connectivity index is 3.38. The molecule has 1 aromatic rings. The molecule has 0 aliphatic heterocycles. The van der Waals surface area contributed by atoms with E-state index in [9.17, 15) is 28.4 Å². The second-order valence-corrected chi connectivity index (χ2v) is 4.09. The van der Waals surface area contributed by atoms with Crippen molar-refractivity contribution in [2.75, 3.05) is 0 Å². The van der Waals surface area contributed by atoms with Crippen LogP contribution in [0.2, 0.25) is 0 Å². The van der Waals surface area contributed by atoms with Gasteiger partial charge in [0, 0.05) is 11.8 Å². The first-order valence-electron chi connectivity index (χ1n) is 5.10. The summed E-state index contributed by atoms with van der Waals surface area (Å²) in [5, 5.41) is 20.4. The van der Waals surface area contributed by atoms with E-state index in [1.165, 1.54) is 12.1 Å². The Morgan fingerprint density at radius 3 is 2.06 bits per heavy atom. The molecule has 100 valence electrons. The first kappa shape index (κ1) is 14.4. The van der Waals surface area contributed by atoms with Crippen LogP contribution in [0.5, 0.6) is 0 Å². The Morgan fingerprint density at radius 2 is 1.72 bits per heavy atom. The Morgan fingerprint density at radius 1 is 1.28 bits per heavy atom. The number of hydrogen-bond acceptors (Lipinski definition) is 3. The lowest BCUT2D eigenvalue weighted by molar-refractivity contribution is -0.559. The summed E-state index contributed by atoms with van der Waals surface area (Å²) < 4.78 is 38.8. The summed E-state index contributed by atoms with van der Waals surface area (Å²) in [5.74, 6) is 0. The van der Waals surface area contributed by atoms with Crippen molar-refractivity contribution in [1.29, 1.82) is 0 Å². The van der Waals surface area contributed by atoms with Gasteiger partial charge in [-0.15, -0.1) is 0 Å². The van der Waals surface area contributed by atoms with Crippen molar-refractivity contribution >= 4 is 0 Å². The predicted octanol–water partition coefficient (Wildman–Crippen LogP) is 2.41. The normalized spacial score (nSPS) is 17.0. The third-order valence-corrected chi connectivity index (χ3v) is 2.84. The summed E-state index contributed by atoms with van der Waals surface area (Å²) in [6.07, 6.45) is -5.13. The van der Waals surface area contributed by atoms with Crippen molar-refractivity contribution in [3.8, 4) is 0 Å². The maximum Gasteiger partial charge on any atom is 0.428 e. The van der Waals surface area contributed by atoms with Gasteiger partial charge in [0.2, 0.25) is 0 Å². The molecule has 1 aromatic carbocycles. The summed E-state index contributed by atoms with van der Waals surface area (Å²) >= 11 is 0. The summed E-state index contributed by atoms with van der Waals surface area (Å²) in [4.78, 5) is 9.43. The molecule has 7 heteroatoms. The van der Waals surface area contributed by atoms with Crippen LogP contribution in [0.3, 0.4) is 0 Å². The predicted molar refractivity (Wildman–Crippen MR) is 57.6 cm³/mol. The standard InChI is InChI=1S/C11H12F3NO3/c1-7-3-5-9(6-4-7)10(16,11(12,13)14)8(2)15(17)18/h3-6,8,16H,1-2H3/t8-,10-/m0/s1. The Bertz CT molecular complexity index is 444. The fourth-order valence-corrected chi connectivity index (χ4v) is 1.60. The molecule has 0 radical (unpaired) electrons. The van der Waals surface area contributed by atoms with Crippen LogP contribution in [0.25, 0.3) is 0 Å². The number of alkyl halides is 3. The van der Waals surface area contributed by atoms with Gasteiger partial charge in [-0.2, -0.15) is 13.2 Å². The Labute approximate surface area is 101 Å². The van der Waals surface area contributed by atoms with E-state index in [2.05, 4.69) is 0 Å². The van der Waals surface area contributed by atoms with E-state index in [0.29, 0.717) is 5.56 Å². The highest BCUT2D eigenvalue weighted by atomic mass is 19.4. The van der Waals surface area contributed by atoms with Gasteiger partial charge in [0.05, 0.1) is 0 Å². The number of rotatable bonds is 3. The van der Waals surface area contributed by atoms with Crippen molar-refractivity contribution in [2.24, 2.45) is 0 Å². The van der Waals surface area contributed by atoms with E-state index in [-0.39, 0.29) is 0 Å². The minimum atomic E-state index is -5.13. The van der Waals surface area contributed by atoms with Crippen molar-refractivity contribution < 1.29 is 23.2 Å². The number of benzene rings is 1. The summed E-state index contributed by atoms with van der Waals surface area (Å²) in [6, 6.07) is 2.61. The van der Waals surface area contributed by atoms with E-state index in [1.54, 1.807) is 6.92 Å². The number of hydrogen-bond donors (Lipinski definition) is 1. The second kappa shape index (κ2) is 4.56. The van der Waals surface area contributed by atoms with Crippen LogP contribution in [0.1, 0.15) is 18.1 Å². The van der Waals surface area contributed by atoms with Gasteiger partial charge in [-0.25, -0.2) is 0 Å². The van der Waals surface area contributed by atoms with Gasteiger partial charge < -0.3 is 5.11 Å². The fraction of sp³-hybridized carbons (Fsp3) is 0.455. The Kier molecular flexibility index (Phi) is 3.66. The molecule has 0 aliphatic carbocycles. The zero-order valence-corrected chi connectivity index (χ0v) is 9.73. The topological polar surface area (TPSA) is 63.4 Å². The van der Waals surface area contributed by atoms with E-state index < -0.39 is 28.3 Å². The molecule has 2 atom stereocenters. The molecule has 0 bridgehead atoms. The molecule has 0 amide bonds. The van der Waals surface area contributed by atoms with Gasteiger partial charge in [-0.1, -0.05) is 29.8 Å². The highest BCUT2D eigenvalue weighted by molar-refractivity contribution is 5.29. The van der Waals surface area contributed by atoms with Gasteiger partial charge in [-0.05, 0) is 12.5 Å².